The summed E-state index contributed by atoms with van der Waals surface area (Å²) < 4.78 is 0. The Kier molecular flexibility index (Phi) is 7.03. The maximum Gasteiger partial charge on any atom is 0.0403 e. The fourth-order valence-electron chi connectivity index (χ4n) is 8.90. The lowest BCUT2D eigenvalue weighted by Gasteiger charge is -2.46. The molecule has 0 saturated carbocycles. The predicted molar refractivity (Wildman–Crippen MR) is 187 cm³/mol. The summed E-state index contributed by atoms with van der Waals surface area (Å²) in [5.41, 5.74) is 13.3. The Morgan fingerprint density at radius 2 is 0.744 bits per heavy atom. The van der Waals surface area contributed by atoms with Gasteiger partial charge in [-0.1, -0.05) is 57.2 Å². The second-order valence-corrected chi connectivity index (χ2v) is 16.3. The second-order valence-electron chi connectivity index (χ2n) is 16.3. The Hall–Kier alpha value is -2.94. The molecule has 3 aromatic carbocycles. The molecule has 6 rings (SSSR count). The maximum atomic E-state index is 2.55. The molecule has 0 bridgehead atoms. The van der Waals surface area contributed by atoms with Crippen LogP contribution in [0, 0.1) is 0 Å². The SMILES string of the molecule is C[C@@H]1CC(C)(C)N(C)c2ccc(C(c3ccc4c(c3)[C@H](C)CC(C)(C)N4C)c3ccc4c(c3)[C@@H](C)CC(C)(C)N4C)cc21. The highest BCUT2D eigenvalue weighted by Gasteiger charge is 2.38. The van der Waals surface area contributed by atoms with Gasteiger partial charge in [0.2, 0.25) is 0 Å². The number of hydrogen-bond acceptors (Lipinski definition) is 3. The van der Waals surface area contributed by atoms with Crippen molar-refractivity contribution >= 4 is 17.1 Å². The van der Waals surface area contributed by atoms with Gasteiger partial charge >= 0.3 is 0 Å². The quantitative estimate of drug-likeness (QED) is 0.287. The normalized spacial score (nSPS) is 25.3. The zero-order chi connectivity index (χ0) is 31.2. The summed E-state index contributed by atoms with van der Waals surface area (Å²) in [5, 5.41) is 0. The highest BCUT2D eigenvalue weighted by Crippen LogP contribution is 2.49. The lowest BCUT2D eigenvalue weighted by molar-refractivity contribution is 0.395. The lowest BCUT2D eigenvalue weighted by atomic mass is 9.75. The van der Waals surface area contributed by atoms with E-state index in [9.17, 15) is 0 Å². The molecule has 3 heterocycles. The Morgan fingerprint density at radius 3 is 1.00 bits per heavy atom. The zero-order valence-corrected chi connectivity index (χ0v) is 29.0. The lowest BCUT2D eigenvalue weighted by Crippen LogP contribution is -2.45. The Balaban J connectivity index is 1.53. The van der Waals surface area contributed by atoms with E-state index in [2.05, 4.69) is 153 Å². The van der Waals surface area contributed by atoms with Crippen molar-refractivity contribution in [2.24, 2.45) is 0 Å². The standard InChI is InChI=1S/C40H55N3/c1-25-22-38(4,5)41(10)34-16-13-28(19-31(25)34)37(29-14-17-35-32(20-29)26(2)23-39(6,7)42(35)11)30-15-18-36-33(21-30)27(3)24-40(8,9)43(36)12/h13-21,25-27,37H,22-24H2,1-12H3/t25-,26-,27+/m1/s1. The highest BCUT2D eigenvalue weighted by molar-refractivity contribution is 5.66. The van der Waals surface area contributed by atoms with Crippen LogP contribution in [0.2, 0.25) is 0 Å². The minimum atomic E-state index is 0.163. The molecule has 3 nitrogen and oxygen atoms in total. The molecule has 0 spiro atoms. The van der Waals surface area contributed by atoms with Gasteiger partial charge in [-0.3, -0.25) is 0 Å². The maximum absolute atomic E-state index is 2.55. The number of anilines is 3. The first-order valence-corrected chi connectivity index (χ1v) is 16.6. The first-order valence-electron chi connectivity index (χ1n) is 16.6. The molecule has 3 atom stereocenters. The van der Waals surface area contributed by atoms with Crippen molar-refractivity contribution in [3.05, 3.63) is 88.0 Å². The zero-order valence-electron chi connectivity index (χ0n) is 29.0. The summed E-state index contributed by atoms with van der Waals surface area (Å²) in [6.07, 6.45) is 3.50. The molecule has 0 aromatic heterocycles. The number of benzene rings is 3. The average molecular weight is 578 g/mol. The number of rotatable bonds is 3. The van der Waals surface area contributed by atoms with Crippen molar-refractivity contribution in [1.82, 2.24) is 0 Å². The molecule has 0 fully saturated rings. The molecule has 3 aliphatic rings. The smallest absolute Gasteiger partial charge is 0.0403 e. The van der Waals surface area contributed by atoms with Crippen molar-refractivity contribution in [1.29, 1.82) is 0 Å². The van der Waals surface area contributed by atoms with E-state index in [1.54, 1.807) is 0 Å². The fraction of sp³-hybridized carbons (Fsp3) is 0.550. The molecule has 0 amide bonds. The molecule has 0 aliphatic carbocycles. The van der Waals surface area contributed by atoms with E-state index in [0.717, 1.165) is 0 Å². The minimum absolute atomic E-state index is 0.163. The fourth-order valence-corrected chi connectivity index (χ4v) is 8.90. The monoisotopic (exact) mass is 577 g/mol. The van der Waals surface area contributed by atoms with Crippen LogP contribution in [-0.2, 0) is 0 Å². The summed E-state index contributed by atoms with van der Waals surface area (Å²) in [7, 11) is 6.81. The van der Waals surface area contributed by atoms with Crippen LogP contribution in [0.15, 0.2) is 54.6 Å². The van der Waals surface area contributed by atoms with Gasteiger partial charge in [-0.2, -0.15) is 0 Å². The highest BCUT2D eigenvalue weighted by atomic mass is 15.2. The van der Waals surface area contributed by atoms with Crippen LogP contribution in [0.3, 0.4) is 0 Å². The Morgan fingerprint density at radius 1 is 0.488 bits per heavy atom. The predicted octanol–water partition coefficient (Wildman–Crippen LogP) is 10.0. The van der Waals surface area contributed by atoms with Gasteiger partial charge in [0.05, 0.1) is 0 Å². The van der Waals surface area contributed by atoms with Gasteiger partial charge in [-0.05, 0) is 130 Å². The van der Waals surface area contributed by atoms with Crippen LogP contribution in [-0.4, -0.2) is 37.8 Å². The molecule has 0 radical (unpaired) electrons. The third-order valence-corrected chi connectivity index (χ3v) is 12.0. The van der Waals surface area contributed by atoms with Crippen molar-refractivity contribution in [3.8, 4) is 0 Å². The largest absolute Gasteiger partial charge is 0.369 e. The van der Waals surface area contributed by atoms with Crippen molar-refractivity contribution in [2.45, 2.75) is 122 Å². The molecule has 230 valence electrons. The van der Waals surface area contributed by atoms with E-state index < -0.39 is 0 Å². The van der Waals surface area contributed by atoms with Gasteiger partial charge in [-0.15, -0.1) is 0 Å². The molecular formula is C40H55N3. The van der Waals surface area contributed by atoms with Crippen LogP contribution in [0.4, 0.5) is 17.1 Å². The van der Waals surface area contributed by atoms with Gasteiger partial charge in [0.1, 0.15) is 0 Å². The molecule has 3 heteroatoms. The van der Waals surface area contributed by atoms with Gasteiger partial charge in [0.25, 0.3) is 0 Å². The van der Waals surface area contributed by atoms with Crippen molar-refractivity contribution in [2.75, 3.05) is 35.8 Å². The van der Waals surface area contributed by atoms with E-state index in [4.69, 9.17) is 0 Å². The summed E-state index contributed by atoms with van der Waals surface area (Å²) in [4.78, 5) is 7.49. The average Bonchev–Trinajstić information content (AvgIpc) is 2.93. The Bertz CT molecular complexity index is 1360. The molecule has 0 saturated heterocycles. The molecule has 3 aromatic rings. The summed E-state index contributed by atoms with van der Waals surface area (Å²) >= 11 is 0. The van der Waals surface area contributed by atoms with Crippen LogP contribution >= 0.6 is 0 Å². The second kappa shape index (κ2) is 10.0. The summed E-state index contributed by atoms with van der Waals surface area (Å²) in [6.45, 7) is 21.5. The van der Waals surface area contributed by atoms with E-state index in [1.807, 2.05) is 0 Å². The molecule has 0 unspecified atom stereocenters. The number of hydrogen-bond donors (Lipinski definition) is 0. The van der Waals surface area contributed by atoms with E-state index in [1.165, 1.54) is 69.7 Å². The van der Waals surface area contributed by atoms with Crippen molar-refractivity contribution in [3.63, 3.8) is 0 Å². The minimum Gasteiger partial charge on any atom is -0.369 e. The van der Waals surface area contributed by atoms with Crippen LogP contribution in [0.5, 0.6) is 0 Å². The third-order valence-electron chi connectivity index (χ3n) is 12.0. The third kappa shape index (κ3) is 4.86. The number of fused-ring (bicyclic) bond motifs is 3. The molecule has 43 heavy (non-hydrogen) atoms. The first kappa shape index (κ1) is 30.1. The van der Waals surface area contributed by atoms with Gasteiger partial charge in [0.15, 0.2) is 0 Å². The van der Waals surface area contributed by atoms with Gasteiger partial charge < -0.3 is 14.7 Å². The van der Waals surface area contributed by atoms with Crippen LogP contribution < -0.4 is 14.7 Å². The topological polar surface area (TPSA) is 9.72 Å². The first-order chi connectivity index (χ1) is 20.0. The van der Waals surface area contributed by atoms with Gasteiger partial charge in [-0.25, -0.2) is 0 Å². The van der Waals surface area contributed by atoms with Crippen LogP contribution in [0.1, 0.15) is 139 Å². The van der Waals surface area contributed by atoms with E-state index in [-0.39, 0.29) is 22.5 Å². The molecule has 0 N–H and O–H groups in total. The summed E-state index contributed by atoms with van der Waals surface area (Å²) in [6, 6.07) is 22.1. The van der Waals surface area contributed by atoms with Crippen molar-refractivity contribution < 1.29 is 0 Å². The van der Waals surface area contributed by atoms with Gasteiger partial charge in [0, 0.05) is 60.7 Å². The van der Waals surface area contributed by atoms with E-state index in [0.29, 0.717) is 17.8 Å². The molecule has 3 aliphatic heterocycles. The van der Waals surface area contributed by atoms with E-state index >= 15 is 0 Å². The van der Waals surface area contributed by atoms with Crippen LogP contribution in [0.25, 0.3) is 0 Å². The Labute approximate surface area is 262 Å². The number of nitrogens with zero attached hydrogens (tertiary/aromatic N) is 3. The summed E-state index contributed by atoms with van der Waals surface area (Å²) in [5.74, 6) is 1.77. The molecular weight excluding hydrogens is 522 g/mol.